The first-order valence-corrected chi connectivity index (χ1v) is 6.12. The molecule has 2 aromatic rings. The Bertz CT molecular complexity index is 481. The first-order chi connectivity index (χ1) is 7.24. The van der Waals surface area contributed by atoms with Gasteiger partial charge in [0, 0.05) is 17.0 Å². The average molecular weight is 286 g/mol. The van der Waals surface area contributed by atoms with Gasteiger partial charge in [0.25, 0.3) is 0 Å². The number of thiophene rings is 1. The van der Waals surface area contributed by atoms with Gasteiger partial charge < -0.3 is 5.73 Å². The molecule has 0 bridgehead atoms. The second kappa shape index (κ2) is 4.43. The summed E-state index contributed by atoms with van der Waals surface area (Å²) in [5.41, 5.74) is 7.09. The summed E-state index contributed by atoms with van der Waals surface area (Å²) in [5.74, 6) is -0.231. The third kappa shape index (κ3) is 1.97. The summed E-state index contributed by atoms with van der Waals surface area (Å²) in [7, 11) is 0. The maximum absolute atomic E-state index is 13.8. The first-order valence-electron chi connectivity index (χ1n) is 4.45. The molecule has 15 heavy (non-hydrogen) atoms. The van der Waals surface area contributed by atoms with Crippen LogP contribution in [0.15, 0.2) is 34.1 Å². The molecule has 0 radical (unpaired) electrons. The molecule has 2 rings (SSSR count). The molecule has 0 atom stereocenters. The van der Waals surface area contributed by atoms with Gasteiger partial charge in [0.05, 0.1) is 4.47 Å². The fourth-order valence-electron chi connectivity index (χ4n) is 1.45. The van der Waals surface area contributed by atoms with Gasteiger partial charge in [-0.3, -0.25) is 0 Å². The molecular weight excluding hydrogens is 277 g/mol. The number of nitrogens with two attached hydrogens (primary N) is 1. The molecule has 0 aliphatic rings. The highest BCUT2D eigenvalue weighted by molar-refractivity contribution is 9.10. The third-order valence-corrected chi connectivity index (χ3v) is 3.73. The van der Waals surface area contributed by atoms with Crippen LogP contribution < -0.4 is 5.73 Å². The lowest BCUT2D eigenvalue weighted by molar-refractivity contribution is 0.624. The number of halogens is 2. The molecule has 1 heterocycles. The summed E-state index contributed by atoms with van der Waals surface area (Å²) in [4.78, 5) is 1.01. The maximum Gasteiger partial charge on any atom is 0.145 e. The van der Waals surface area contributed by atoms with Gasteiger partial charge in [0.1, 0.15) is 5.82 Å². The Balaban J connectivity index is 2.59. The highest BCUT2D eigenvalue weighted by Crippen LogP contribution is 2.32. The number of rotatable bonds is 2. The van der Waals surface area contributed by atoms with Crippen LogP contribution in [-0.4, -0.2) is 0 Å². The zero-order chi connectivity index (χ0) is 10.8. The molecule has 0 aliphatic carbocycles. The Morgan fingerprint density at radius 1 is 1.27 bits per heavy atom. The summed E-state index contributed by atoms with van der Waals surface area (Å²) in [6.07, 6.45) is 0. The van der Waals surface area contributed by atoms with Crippen molar-refractivity contribution in [3.05, 3.63) is 44.8 Å². The smallest absolute Gasteiger partial charge is 0.145 e. The molecule has 0 saturated carbocycles. The van der Waals surface area contributed by atoms with Crippen molar-refractivity contribution in [1.29, 1.82) is 0 Å². The molecular formula is C11H9BrFNS. The lowest BCUT2D eigenvalue weighted by Gasteiger charge is -2.04. The third-order valence-electron chi connectivity index (χ3n) is 2.17. The van der Waals surface area contributed by atoms with Gasteiger partial charge in [-0.15, -0.1) is 11.3 Å². The summed E-state index contributed by atoms with van der Waals surface area (Å²) in [6, 6.07) is 7.17. The van der Waals surface area contributed by atoms with Crippen molar-refractivity contribution in [2.75, 3.05) is 0 Å². The van der Waals surface area contributed by atoms with Crippen LogP contribution in [-0.2, 0) is 6.54 Å². The summed E-state index contributed by atoms with van der Waals surface area (Å²) >= 11 is 4.73. The van der Waals surface area contributed by atoms with Gasteiger partial charge in [-0.05, 0) is 39.0 Å². The maximum atomic E-state index is 13.8. The second-order valence-electron chi connectivity index (χ2n) is 3.06. The van der Waals surface area contributed by atoms with E-state index in [1.807, 2.05) is 17.5 Å². The van der Waals surface area contributed by atoms with Gasteiger partial charge in [0.2, 0.25) is 0 Å². The molecule has 1 aromatic carbocycles. The normalized spacial score (nSPS) is 10.6. The largest absolute Gasteiger partial charge is 0.326 e. The van der Waals surface area contributed by atoms with E-state index in [4.69, 9.17) is 5.73 Å². The lowest BCUT2D eigenvalue weighted by atomic mass is 10.1. The number of hydrogen-bond donors (Lipinski definition) is 1. The van der Waals surface area contributed by atoms with E-state index >= 15 is 0 Å². The fourth-order valence-corrected chi connectivity index (χ4v) is 2.59. The SMILES string of the molecule is NCc1sccc1-c1cccc(Br)c1F. The van der Waals surface area contributed by atoms with E-state index in [1.54, 1.807) is 23.5 Å². The van der Waals surface area contributed by atoms with Crippen molar-refractivity contribution < 1.29 is 4.39 Å². The van der Waals surface area contributed by atoms with Crippen molar-refractivity contribution in [3.63, 3.8) is 0 Å². The van der Waals surface area contributed by atoms with Gasteiger partial charge in [0.15, 0.2) is 0 Å². The molecule has 0 amide bonds. The quantitative estimate of drug-likeness (QED) is 0.893. The highest BCUT2D eigenvalue weighted by atomic mass is 79.9. The van der Waals surface area contributed by atoms with Crippen LogP contribution in [0, 0.1) is 5.82 Å². The highest BCUT2D eigenvalue weighted by Gasteiger charge is 2.11. The molecule has 0 spiro atoms. The topological polar surface area (TPSA) is 26.0 Å². The standard InChI is InChI=1S/C11H9BrFNS/c12-9-3-1-2-8(11(9)13)7-4-5-15-10(7)6-14/h1-5H,6,14H2. The van der Waals surface area contributed by atoms with Gasteiger partial charge in [-0.1, -0.05) is 12.1 Å². The monoisotopic (exact) mass is 285 g/mol. The van der Waals surface area contributed by atoms with Crippen LogP contribution >= 0.6 is 27.3 Å². The second-order valence-corrected chi connectivity index (χ2v) is 4.92. The number of hydrogen-bond acceptors (Lipinski definition) is 2. The van der Waals surface area contributed by atoms with E-state index in [0.29, 0.717) is 16.6 Å². The van der Waals surface area contributed by atoms with Crippen LogP contribution in [0.25, 0.3) is 11.1 Å². The van der Waals surface area contributed by atoms with Crippen LogP contribution in [0.5, 0.6) is 0 Å². The fraction of sp³-hybridized carbons (Fsp3) is 0.0909. The van der Waals surface area contributed by atoms with Gasteiger partial charge >= 0.3 is 0 Å². The molecule has 78 valence electrons. The Morgan fingerprint density at radius 3 is 2.80 bits per heavy atom. The van der Waals surface area contributed by atoms with Crippen molar-refractivity contribution >= 4 is 27.3 Å². The minimum Gasteiger partial charge on any atom is -0.326 e. The summed E-state index contributed by atoms with van der Waals surface area (Å²) in [6.45, 7) is 0.443. The van der Waals surface area contributed by atoms with Crippen LogP contribution in [0.4, 0.5) is 4.39 Å². The van der Waals surface area contributed by atoms with Gasteiger partial charge in [-0.2, -0.15) is 0 Å². The molecule has 1 aromatic heterocycles. The van der Waals surface area contributed by atoms with Crippen molar-refractivity contribution in [3.8, 4) is 11.1 Å². The van der Waals surface area contributed by atoms with E-state index in [2.05, 4.69) is 15.9 Å². The molecule has 0 saturated heterocycles. The zero-order valence-electron chi connectivity index (χ0n) is 7.84. The van der Waals surface area contributed by atoms with E-state index in [-0.39, 0.29) is 5.82 Å². The van der Waals surface area contributed by atoms with Crippen LogP contribution in [0.1, 0.15) is 4.88 Å². The number of benzene rings is 1. The van der Waals surface area contributed by atoms with Crippen LogP contribution in [0.2, 0.25) is 0 Å². The Morgan fingerprint density at radius 2 is 2.07 bits per heavy atom. The summed E-state index contributed by atoms with van der Waals surface area (Å²) < 4.78 is 14.3. The van der Waals surface area contributed by atoms with E-state index in [0.717, 1.165) is 10.4 Å². The molecule has 2 N–H and O–H groups in total. The van der Waals surface area contributed by atoms with E-state index in [1.165, 1.54) is 0 Å². The minimum absolute atomic E-state index is 0.231. The predicted molar refractivity (Wildman–Crippen MR) is 65.3 cm³/mol. The average Bonchev–Trinajstić information content (AvgIpc) is 2.70. The predicted octanol–water partition coefficient (Wildman–Crippen LogP) is 3.78. The van der Waals surface area contributed by atoms with Gasteiger partial charge in [-0.25, -0.2) is 4.39 Å². The molecule has 0 fully saturated rings. The first kappa shape index (κ1) is 10.8. The summed E-state index contributed by atoms with van der Waals surface area (Å²) in [5, 5.41) is 1.93. The van der Waals surface area contributed by atoms with E-state index < -0.39 is 0 Å². The van der Waals surface area contributed by atoms with Crippen molar-refractivity contribution in [2.45, 2.75) is 6.54 Å². The van der Waals surface area contributed by atoms with Crippen LogP contribution in [0.3, 0.4) is 0 Å². The van der Waals surface area contributed by atoms with Crippen molar-refractivity contribution in [2.24, 2.45) is 5.73 Å². The molecule has 4 heteroatoms. The Kier molecular flexibility index (Phi) is 3.19. The minimum atomic E-state index is -0.231. The van der Waals surface area contributed by atoms with Crippen molar-refractivity contribution in [1.82, 2.24) is 0 Å². The Labute approximate surface area is 99.9 Å². The zero-order valence-corrected chi connectivity index (χ0v) is 10.2. The Hall–Kier alpha value is -0.710. The van der Waals surface area contributed by atoms with E-state index in [9.17, 15) is 4.39 Å². The molecule has 0 unspecified atom stereocenters. The lowest BCUT2D eigenvalue weighted by Crippen LogP contribution is -1.95. The molecule has 1 nitrogen and oxygen atoms in total. The molecule has 0 aliphatic heterocycles.